The molecule has 0 aromatic heterocycles. The minimum atomic E-state index is 0.350. The topological polar surface area (TPSA) is 0 Å². The van der Waals surface area contributed by atoms with Gasteiger partial charge in [-0.3, -0.25) is 0 Å². The molecular weight excluding hydrogens is 352 g/mol. The Kier molecular flexibility index (Phi) is 4.41. The predicted molar refractivity (Wildman–Crippen MR) is 121 cm³/mol. The molecule has 2 aromatic carbocycles. The third kappa shape index (κ3) is 2.91. The van der Waals surface area contributed by atoms with Crippen LogP contribution in [0.25, 0.3) is 6.08 Å². The highest BCUT2D eigenvalue weighted by atomic mass is 28.2. The van der Waals surface area contributed by atoms with Crippen molar-refractivity contribution in [3.63, 3.8) is 0 Å². The zero-order valence-electron chi connectivity index (χ0n) is 16.4. The van der Waals surface area contributed by atoms with Crippen LogP contribution in [-0.2, 0) is 0 Å². The molecular formula is C27H24Si. The maximum Gasteiger partial charge on any atom is 0.0677 e. The Morgan fingerprint density at radius 2 is 1.46 bits per heavy atom. The Balaban J connectivity index is 1.51. The molecule has 3 aliphatic carbocycles. The molecule has 5 rings (SSSR count). The monoisotopic (exact) mass is 376 g/mol. The molecule has 28 heavy (non-hydrogen) atoms. The zero-order chi connectivity index (χ0) is 19.1. The van der Waals surface area contributed by atoms with Crippen LogP contribution in [0.5, 0.6) is 0 Å². The number of benzene rings is 2. The Labute approximate surface area is 170 Å². The molecule has 3 unspecified atom stereocenters. The van der Waals surface area contributed by atoms with Crippen LogP contribution in [0.4, 0.5) is 0 Å². The Hall–Kier alpha value is -2.64. The molecule has 0 heterocycles. The van der Waals surface area contributed by atoms with Crippen molar-refractivity contribution in [3.05, 3.63) is 124 Å². The van der Waals surface area contributed by atoms with E-state index < -0.39 is 0 Å². The second kappa shape index (κ2) is 7.07. The van der Waals surface area contributed by atoms with E-state index in [1.165, 1.54) is 39.0 Å². The van der Waals surface area contributed by atoms with E-state index in [4.69, 9.17) is 0 Å². The van der Waals surface area contributed by atoms with Gasteiger partial charge in [0.05, 0.1) is 9.52 Å². The second-order valence-corrected chi connectivity index (χ2v) is 9.47. The van der Waals surface area contributed by atoms with E-state index in [1.807, 2.05) is 0 Å². The molecule has 2 aromatic rings. The van der Waals surface area contributed by atoms with E-state index in [2.05, 4.69) is 105 Å². The second-order valence-electron chi connectivity index (χ2n) is 7.98. The van der Waals surface area contributed by atoms with Crippen LogP contribution in [0, 0.1) is 0 Å². The van der Waals surface area contributed by atoms with E-state index in [-0.39, 0.29) is 0 Å². The minimum absolute atomic E-state index is 0.350. The van der Waals surface area contributed by atoms with Crippen LogP contribution < -0.4 is 0 Å². The standard InChI is InChI=1S/C27H24Si/c1-18-16-21-12-6-7-14-23(21)26(18)28-27-19(2)17-25-22(13-8-9-15-24(25)27)20-10-4-3-5-11-20/h3-17,22,26-27H,1-2H3. The first-order chi connectivity index (χ1) is 13.7. The molecule has 0 saturated carbocycles. The maximum atomic E-state index is 2.46. The molecule has 0 bridgehead atoms. The van der Waals surface area contributed by atoms with Crippen molar-refractivity contribution in [2.24, 2.45) is 0 Å². The molecule has 3 aliphatic rings. The quantitative estimate of drug-likeness (QED) is 0.517. The number of fused-ring (bicyclic) bond motifs is 1. The molecule has 0 spiro atoms. The average Bonchev–Trinajstić information content (AvgIpc) is 3.10. The zero-order valence-corrected chi connectivity index (χ0v) is 17.4. The summed E-state index contributed by atoms with van der Waals surface area (Å²) in [6.07, 6.45) is 14.0. The van der Waals surface area contributed by atoms with Gasteiger partial charge in [0, 0.05) is 5.92 Å². The summed E-state index contributed by atoms with van der Waals surface area (Å²) in [5.74, 6) is 0.350. The minimum Gasteiger partial charge on any atom is -0.0726 e. The van der Waals surface area contributed by atoms with Gasteiger partial charge in [0.15, 0.2) is 0 Å². The van der Waals surface area contributed by atoms with E-state index in [0.29, 0.717) is 17.0 Å². The molecule has 0 fully saturated rings. The van der Waals surface area contributed by atoms with Crippen LogP contribution >= 0.6 is 0 Å². The van der Waals surface area contributed by atoms with Crippen molar-refractivity contribution in [1.29, 1.82) is 0 Å². The van der Waals surface area contributed by atoms with Gasteiger partial charge in [-0.2, -0.15) is 0 Å². The number of hydrogen-bond donors (Lipinski definition) is 0. The van der Waals surface area contributed by atoms with Crippen LogP contribution in [0.15, 0.2) is 107 Å². The van der Waals surface area contributed by atoms with Gasteiger partial charge < -0.3 is 0 Å². The summed E-state index contributed by atoms with van der Waals surface area (Å²) in [6, 6.07) is 19.8. The fraction of sp³-hybridized carbons (Fsp3) is 0.185. The molecule has 0 aliphatic heterocycles. The van der Waals surface area contributed by atoms with Gasteiger partial charge in [0.1, 0.15) is 0 Å². The number of hydrogen-bond acceptors (Lipinski definition) is 0. The van der Waals surface area contributed by atoms with Crippen molar-refractivity contribution in [2.75, 3.05) is 0 Å². The molecule has 2 radical (unpaired) electrons. The lowest BCUT2D eigenvalue weighted by Gasteiger charge is -2.22. The van der Waals surface area contributed by atoms with Gasteiger partial charge in [-0.1, -0.05) is 102 Å². The van der Waals surface area contributed by atoms with Gasteiger partial charge in [-0.25, -0.2) is 0 Å². The van der Waals surface area contributed by atoms with Gasteiger partial charge in [0.25, 0.3) is 0 Å². The van der Waals surface area contributed by atoms with E-state index >= 15 is 0 Å². The lowest BCUT2D eigenvalue weighted by Crippen LogP contribution is -2.15. The van der Waals surface area contributed by atoms with E-state index in [0.717, 1.165) is 9.52 Å². The first-order valence-electron chi connectivity index (χ1n) is 10.1. The molecule has 136 valence electrons. The summed E-state index contributed by atoms with van der Waals surface area (Å²) < 4.78 is 0. The maximum absolute atomic E-state index is 2.46. The van der Waals surface area contributed by atoms with Crippen molar-refractivity contribution in [2.45, 2.75) is 30.8 Å². The average molecular weight is 377 g/mol. The van der Waals surface area contributed by atoms with E-state index in [1.54, 1.807) is 0 Å². The van der Waals surface area contributed by atoms with Crippen LogP contribution in [0.1, 0.15) is 42.0 Å². The van der Waals surface area contributed by atoms with Gasteiger partial charge in [-0.15, -0.1) is 0 Å². The summed E-state index contributed by atoms with van der Waals surface area (Å²) in [5.41, 5.74) is 11.4. The van der Waals surface area contributed by atoms with E-state index in [9.17, 15) is 0 Å². The van der Waals surface area contributed by atoms with Gasteiger partial charge in [-0.05, 0) is 52.8 Å². The van der Waals surface area contributed by atoms with Crippen molar-refractivity contribution < 1.29 is 0 Å². The largest absolute Gasteiger partial charge is 0.0726 e. The van der Waals surface area contributed by atoms with Crippen LogP contribution in [0.3, 0.4) is 0 Å². The van der Waals surface area contributed by atoms with Crippen molar-refractivity contribution in [1.82, 2.24) is 0 Å². The van der Waals surface area contributed by atoms with Gasteiger partial charge >= 0.3 is 0 Å². The fourth-order valence-electron chi connectivity index (χ4n) is 4.76. The number of allylic oxidation sites excluding steroid dienone is 9. The Morgan fingerprint density at radius 3 is 2.32 bits per heavy atom. The Bertz CT molecular complexity index is 1060. The summed E-state index contributed by atoms with van der Waals surface area (Å²) >= 11 is 0. The third-order valence-electron chi connectivity index (χ3n) is 6.15. The summed E-state index contributed by atoms with van der Waals surface area (Å²) in [7, 11) is 0.848. The lowest BCUT2D eigenvalue weighted by molar-refractivity contribution is 1.01. The summed E-state index contributed by atoms with van der Waals surface area (Å²) in [4.78, 5) is 0. The first-order valence-corrected chi connectivity index (χ1v) is 11.2. The molecule has 3 atom stereocenters. The SMILES string of the molecule is CC1=CC2=C(C=CC=CC2c2ccccc2)C1[Si]C1C(C)=Cc2ccccc21. The predicted octanol–water partition coefficient (Wildman–Crippen LogP) is 6.80. The van der Waals surface area contributed by atoms with Crippen molar-refractivity contribution in [3.8, 4) is 0 Å². The molecule has 0 amide bonds. The molecule has 1 heteroatoms. The summed E-state index contributed by atoms with van der Waals surface area (Å²) in [6.45, 7) is 4.63. The van der Waals surface area contributed by atoms with Crippen molar-refractivity contribution >= 4 is 15.6 Å². The lowest BCUT2D eigenvalue weighted by atomic mass is 9.90. The fourth-order valence-corrected chi connectivity index (χ4v) is 6.67. The summed E-state index contributed by atoms with van der Waals surface area (Å²) in [5, 5.41) is 0. The highest BCUT2D eigenvalue weighted by molar-refractivity contribution is 6.44. The molecule has 0 N–H and O–H groups in total. The van der Waals surface area contributed by atoms with Crippen LogP contribution in [-0.4, -0.2) is 9.52 Å². The smallest absolute Gasteiger partial charge is 0.0677 e. The van der Waals surface area contributed by atoms with Crippen LogP contribution in [0.2, 0.25) is 5.54 Å². The molecule has 0 saturated heterocycles. The third-order valence-corrected chi connectivity index (χ3v) is 8.35. The highest BCUT2D eigenvalue weighted by Gasteiger charge is 2.33. The first kappa shape index (κ1) is 17.5. The highest BCUT2D eigenvalue weighted by Crippen LogP contribution is 2.47. The molecule has 0 nitrogen and oxygen atoms in total. The normalized spacial score (nSPS) is 25.3. The van der Waals surface area contributed by atoms with Gasteiger partial charge in [0.2, 0.25) is 0 Å². The number of rotatable bonds is 3. The Morgan fingerprint density at radius 1 is 0.714 bits per heavy atom.